The lowest BCUT2D eigenvalue weighted by Crippen LogP contribution is -1.91. The van der Waals surface area contributed by atoms with Crippen molar-refractivity contribution in [1.29, 1.82) is 0 Å². The minimum absolute atomic E-state index is 0.588. The van der Waals surface area contributed by atoms with E-state index in [1.54, 1.807) is 12.4 Å². The van der Waals surface area contributed by atoms with E-state index in [4.69, 9.17) is 0 Å². The fraction of sp³-hybridized carbons (Fsp3) is 0.0500. The van der Waals surface area contributed by atoms with E-state index in [0.29, 0.717) is 5.82 Å². The Morgan fingerprint density at radius 2 is 1.74 bits per heavy atom. The van der Waals surface area contributed by atoms with Crippen LogP contribution in [-0.4, -0.2) is 35.6 Å². The second-order valence-electron chi connectivity index (χ2n) is 6.23. The first-order valence-corrected chi connectivity index (χ1v) is 8.57. The molecular formula is C20H15N7. The Hall–Kier alpha value is -3.87. The molecule has 0 amide bonds. The summed E-state index contributed by atoms with van der Waals surface area (Å²) < 4.78 is 0. The van der Waals surface area contributed by atoms with Gasteiger partial charge in [0.25, 0.3) is 0 Å². The smallest absolute Gasteiger partial charge is 0.205 e. The van der Waals surface area contributed by atoms with Gasteiger partial charge >= 0.3 is 0 Å². The number of aromatic amines is 2. The van der Waals surface area contributed by atoms with Crippen molar-refractivity contribution in [2.45, 2.75) is 6.42 Å². The van der Waals surface area contributed by atoms with Crippen LogP contribution in [0.5, 0.6) is 0 Å². The molecule has 2 N–H and O–H groups in total. The van der Waals surface area contributed by atoms with Crippen LogP contribution >= 0.6 is 0 Å². The zero-order valence-corrected chi connectivity index (χ0v) is 14.3. The maximum Gasteiger partial charge on any atom is 0.205 e. The lowest BCUT2D eigenvalue weighted by molar-refractivity contribution is 0.881. The van der Waals surface area contributed by atoms with Crippen molar-refractivity contribution in [2.75, 3.05) is 0 Å². The van der Waals surface area contributed by atoms with Gasteiger partial charge in [-0.25, -0.2) is 4.98 Å². The molecule has 0 bridgehead atoms. The number of tetrazole rings is 1. The van der Waals surface area contributed by atoms with Crippen LogP contribution in [-0.2, 0) is 6.42 Å². The van der Waals surface area contributed by atoms with Gasteiger partial charge in [-0.1, -0.05) is 48.5 Å². The molecular weight excluding hydrogens is 338 g/mol. The van der Waals surface area contributed by atoms with Gasteiger partial charge in [0.1, 0.15) is 5.82 Å². The molecule has 0 radical (unpaired) electrons. The Morgan fingerprint density at radius 3 is 2.52 bits per heavy atom. The van der Waals surface area contributed by atoms with Crippen LogP contribution in [0.4, 0.5) is 0 Å². The van der Waals surface area contributed by atoms with Crippen LogP contribution in [0.3, 0.4) is 0 Å². The van der Waals surface area contributed by atoms with Gasteiger partial charge in [-0.2, -0.15) is 5.21 Å². The summed E-state index contributed by atoms with van der Waals surface area (Å²) in [4.78, 5) is 12.1. The monoisotopic (exact) mass is 353 g/mol. The number of aromatic nitrogens is 7. The summed E-state index contributed by atoms with van der Waals surface area (Å²) >= 11 is 0. The molecule has 7 heteroatoms. The van der Waals surface area contributed by atoms with Crippen molar-refractivity contribution in [3.63, 3.8) is 0 Å². The van der Waals surface area contributed by atoms with E-state index in [1.165, 1.54) is 5.56 Å². The average molecular weight is 353 g/mol. The van der Waals surface area contributed by atoms with Crippen molar-refractivity contribution >= 4 is 11.0 Å². The molecule has 5 aromatic rings. The fourth-order valence-electron chi connectivity index (χ4n) is 3.19. The summed E-state index contributed by atoms with van der Waals surface area (Å²) in [6, 6.07) is 18.4. The maximum absolute atomic E-state index is 4.61. The predicted octanol–water partition coefficient (Wildman–Crippen LogP) is 3.40. The molecule has 0 saturated carbocycles. The molecule has 0 aliphatic rings. The summed E-state index contributed by atoms with van der Waals surface area (Å²) in [6.45, 7) is 0. The van der Waals surface area contributed by atoms with E-state index in [2.05, 4.69) is 65.9 Å². The fourth-order valence-corrected chi connectivity index (χ4v) is 3.19. The summed E-state index contributed by atoms with van der Waals surface area (Å²) in [5, 5.41) is 14.4. The van der Waals surface area contributed by atoms with Gasteiger partial charge in [0.05, 0.1) is 17.2 Å². The van der Waals surface area contributed by atoms with Crippen molar-refractivity contribution in [3.05, 3.63) is 78.4 Å². The number of hydrogen-bond donors (Lipinski definition) is 2. The number of pyridine rings is 1. The number of hydrogen-bond acceptors (Lipinski definition) is 5. The number of rotatable bonds is 4. The SMILES string of the molecule is c1ccc(-c2nn[nH]n2)c(-c2ccc(Cc3nc4ccncc4[nH]3)cc2)c1. The highest BCUT2D eigenvalue weighted by molar-refractivity contribution is 5.80. The summed E-state index contributed by atoms with van der Waals surface area (Å²) in [5.74, 6) is 1.52. The van der Waals surface area contributed by atoms with Gasteiger partial charge in [0.15, 0.2) is 0 Å². The second-order valence-corrected chi connectivity index (χ2v) is 6.23. The maximum atomic E-state index is 4.61. The molecule has 3 aromatic heterocycles. The van der Waals surface area contributed by atoms with Crippen LogP contribution in [0, 0.1) is 0 Å². The molecule has 0 fully saturated rings. The zero-order chi connectivity index (χ0) is 18.1. The van der Waals surface area contributed by atoms with Gasteiger partial charge in [-0.3, -0.25) is 4.98 Å². The molecule has 3 heterocycles. The zero-order valence-electron chi connectivity index (χ0n) is 14.3. The highest BCUT2D eigenvalue weighted by Crippen LogP contribution is 2.29. The molecule has 0 atom stereocenters. The number of H-pyrrole nitrogens is 2. The Balaban J connectivity index is 1.44. The Bertz CT molecular complexity index is 1160. The summed E-state index contributed by atoms with van der Waals surface area (Å²) in [5.41, 5.74) is 6.20. The first-order chi connectivity index (χ1) is 13.4. The molecule has 27 heavy (non-hydrogen) atoms. The Kier molecular flexibility index (Phi) is 3.68. The number of nitrogens with zero attached hydrogens (tertiary/aromatic N) is 5. The average Bonchev–Trinajstić information content (AvgIpc) is 3.38. The highest BCUT2D eigenvalue weighted by Gasteiger charge is 2.11. The molecule has 0 saturated heterocycles. The predicted molar refractivity (Wildman–Crippen MR) is 102 cm³/mol. The largest absolute Gasteiger partial charge is 0.340 e. The molecule has 0 aliphatic heterocycles. The van der Waals surface area contributed by atoms with Crippen molar-refractivity contribution in [3.8, 4) is 22.5 Å². The third-order valence-corrected chi connectivity index (χ3v) is 4.48. The van der Waals surface area contributed by atoms with Gasteiger partial charge in [-0.05, 0) is 28.0 Å². The third kappa shape index (κ3) is 2.95. The Morgan fingerprint density at radius 1 is 0.889 bits per heavy atom. The van der Waals surface area contributed by atoms with Gasteiger partial charge < -0.3 is 4.98 Å². The lowest BCUT2D eigenvalue weighted by atomic mass is 9.98. The molecule has 0 spiro atoms. The second kappa shape index (κ2) is 6.45. The quantitative estimate of drug-likeness (QED) is 0.516. The first kappa shape index (κ1) is 15.4. The molecule has 5 rings (SSSR count). The van der Waals surface area contributed by atoms with Crippen molar-refractivity contribution in [2.24, 2.45) is 0 Å². The van der Waals surface area contributed by atoms with E-state index in [-0.39, 0.29) is 0 Å². The first-order valence-electron chi connectivity index (χ1n) is 8.57. The highest BCUT2D eigenvalue weighted by atomic mass is 15.5. The Labute approximate surface area is 154 Å². The van der Waals surface area contributed by atoms with Crippen LogP contribution in [0.2, 0.25) is 0 Å². The molecule has 0 unspecified atom stereocenters. The van der Waals surface area contributed by atoms with Gasteiger partial charge in [0.2, 0.25) is 5.82 Å². The normalized spacial score (nSPS) is 11.1. The number of imidazole rings is 1. The number of nitrogens with one attached hydrogen (secondary N) is 2. The van der Waals surface area contributed by atoms with E-state index in [9.17, 15) is 0 Å². The minimum atomic E-state index is 0.588. The molecule has 130 valence electrons. The minimum Gasteiger partial charge on any atom is -0.340 e. The number of fused-ring (bicyclic) bond motifs is 1. The van der Waals surface area contributed by atoms with E-state index >= 15 is 0 Å². The van der Waals surface area contributed by atoms with E-state index in [0.717, 1.165) is 40.0 Å². The van der Waals surface area contributed by atoms with Crippen molar-refractivity contribution in [1.82, 2.24) is 35.6 Å². The molecule has 2 aromatic carbocycles. The van der Waals surface area contributed by atoms with Gasteiger partial charge in [0, 0.05) is 18.2 Å². The molecule has 7 nitrogen and oxygen atoms in total. The van der Waals surface area contributed by atoms with Crippen LogP contribution in [0.1, 0.15) is 11.4 Å². The van der Waals surface area contributed by atoms with Crippen LogP contribution < -0.4 is 0 Å². The van der Waals surface area contributed by atoms with E-state index < -0.39 is 0 Å². The van der Waals surface area contributed by atoms with Crippen LogP contribution in [0.25, 0.3) is 33.5 Å². The van der Waals surface area contributed by atoms with Crippen LogP contribution in [0.15, 0.2) is 67.0 Å². The van der Waals surface area contributed by atoms with Crippen molar-refractivity contribution < 1.29 is 0 Å². The lowest BCUT2D eigenvalue weighted by Gasteiger charge is -2.07. The molecule has 0 aliphatic carbocycles. The summed E-state index contributed by atoms with van der Waals surface area (Å²) in [6.07, 6.45) is 4.29. The topological polar surface area (TPSA) is 96.0 Å². The number of benzene rings is 2. The standard InChI is InChI=1S/C20H15N7/c1-2-4-16(20-24-26-27-25-20)15(3-1)14-7-5-13(6-8-14)11-19-22-17-9-10-21-12-18(17)23-19/h1-10,12H,11H2,(H,22,23)(H,24,25,26,27). The van der Waals surface area contributed by atoms with E-state index in [1.807, 2.05) is 24.3 Å². The summed E-state index contributed by atoms with van der Waals surface area (Å²) in [7, 11) is 0. The van der Waals surface area contributed by atoms with Gasteiger partial charge in [-0.15, -0.1) is 10.2 Å². The third-order valence-electron chi connectivity index (χ3n) is 4.48.